The molecule has 1 N–H and O–H groups in total. The molecule has 1 aromatic heterocycles. The van der Waals surface area contributed by atoms with E-state index in [0.29, 0.717) is 9.26 Å². The van der Waals surface area contributed by atoms with Gasteiger partial charge in [-0.2, -0.15) is 0 Å². The Morgan fingerprint density at radius 3 is 2.69 bits per heavy atom. The molecule has 0 radical (unpaired) electrons. The van der Waals surface area contributed by atoms with Crippen LogP contribution in [0.1, 0.15) is 23.4 Å². The molecular formula is C8H8F2INO. The smallest absolute Gasteiger partial charge is 0.280 e. The van der Waals surface area contributed by atoms with Crippen LogP contribution in [-0.2, 0) is 6.61 Å². The average Bonchev–Trinajstić information content (AvgIpc) is 2.02. The van der Waals surface area contributed by atoms with Gasteiger partial charge in [-0.15, -0.1) is 0 Å². The summed E-state index contributed by atoms with van der Waals surface area (Å²) in [5, 5.41) is 8.86. The minimum absolute atomic E-state index is 0.223. The molecule has 1 aromatic rings. The summed E-state index contributed by atoms with van der Waals surface area (Å²) in [6.45, 7) is 1.25. The van der Waals surface area contributed by atoms with E-state index in [1.807, 2.05) is 22.6 Å². The molecule has 0 aromatic carbocycles. The molecule has 0 spiro atoms. The Balaban J connectivity index is 3.29. The molecule has 0 amide bonds. The van der Waals surface area contributed by atoms with E-state index in [1.54, 1.807) is 13.0 Å². The first-order valence-corrected chi connectivity index (χ1v) is 4.69. The molecule has 0 atom stereocenters. The van der Waals surface area contributed by atoms with Gasteiger partial charge in [0.15, 0.2) is 0 Å². The maximum absolute atomic E-state index is 12.4. The molecule has 0 aliphatic rings. The number of halogens is 3. The van der Waals surface area contributed by atoms with Crippen LogP contribution in [0.25, 0.3) is 0 Å². The summed E-state index contributed by atoms with van der Waals surface area (Å²) in [5.74, 6) is 0. The molecule has 0 aliphatic heterocycles. The van der Waals surface area contributed by atoms with E-state index in [1.165, 1.54) is 0 Å². The van der Waals surface area contributed by atoms with Gasteiger partial charge in [0.2, 0.25) is 0 Å². The predicted octanol–water partition coefficient (Wildman–Crippen LogP) is 2.42. The Labute approximate surface area is 88.1 Å². The maximum Gasteiger partial charge on any atom is 0.280 e. The third kappa shape index (κ3) is 2.34. The standard InChI is InChI=1S/C8H8F2INO/c1-4-2-6(11)5(3-13)7(12-4)8(9)10/h2,8,13H,3H2,1H3. The summed E-state index contributed by atoms with van der Waals surface area (Å²) >= 11 is 1.91. The number of aromatic nitrogens is 1. The molecule has 0 aliphatic carbocycles. The van der Waals surface area contributed by atoms with Crippen LogP contribution in [-0.4, -0.2) is 10.1 Å². The first-order chi connectivity index (χ1) is 6.06. The Hall–Kier alpha value is -0.300. The molecule has 5 heteroatoms. The highest BCUT2D eigenvalue weighted by Gasteiger charge is 2.17. The minimum atomic E-state index is -2.63. The SMILES string of the molecule is Cc1cc(I)c(CO)c(C(F)F)n1. The third-order valence-electron chi connectivity index (χ3n) is 1.59. The van der Waals surface area contributed by atoms with Crippen molar-refractivity contribution in [2.45, 2.75) is 20.0 Å². The van der Waals surface area contributed by atoms with Gasteiger partial charge in [0.25, 0.3) is 6.43 Å². The molecule has 2 nitrogen and oxygen atoms in total. The number of nitrogens with zero attached hydrogens (tertiary/aromatic N) is 1. The van der Waals surface area contributed by atoms with Gasteiger partial charge < -0.3 is 5.11 Å². The number of aliphatic hydroxyl groups excluding tert-OH is 1. The van der Waals surface area contributed by atoms with Crippen LogP contribution in [0.5, 0.6) is 0 Å². The summed E-state index contributed by atoms with van der Waals surface area (Å²) in [6.07, 6.45) is -2.63. The van der Waals surface area contributed by atoms with Gasteiger partial charge in [0, 0.05) is 14.8 Å². The fraction of sp³-hybridized carbons (Fsp3) is 0.375. The zero-order chi connectivity index (χ0) is 10.0. The monoisotopic (exact) mass is 299 g/mol. The van der Waals surface area contributed by atoms with E-state index in [2.05, 4.69) is 4.98 Å². The highest BCUT2D eigenvalue weighted by atomic mass is 127. The first-order valence-electron chi connectivity index (χ1n) is 3.61. The van der Waals surface area contributed by atoms with E-state index in [0.717, 1.165) is 0 Å². The fourth-order valence-electron chi connectivity index (χ4n) is 1.02. The topological polar surface area (TPSA) is 33.1 Å². The predicted molar refractivity (Wildman–Crippen MR) is 52.6 cm³/mol. The lowest BCUT2D eigenvalue weighted by atomic mass is 10.2. The van der Waals surface area contributed by atoms with E-state index in [9.17, 15) is 8.78 Å². The summed E-state index contributed by atoms with van der Waals surface area (Å²) in [4.78, 5) is 3.69. The maximum atomic E-state index is 12.4. The molecule has 13 heavy (non-hydrogen) atoms. The second-order valence-corrected chi connectivity index (χ2v) is 3.73. The molecule has 0 saturated carbocycles. The lowest BCUT2D eigenvalue weighted by molar-refractivity contribution is 0.141. The van der Waals surface area contributed by atoms with Gasteiger partial charge in [-0.3, -0.25) is 4.98 Å². The van der Waals surface area contributed by atoms with Gasteiger partial charge in [0.1, 0.15) is 5.69 Å². The van der Waals surface area contributed by atoms with Crippen molar-refractivity contribution in [1.82, 2.24) is 4.98 Å². The van der Waals surface area contributed by atoms with Crippen molar-refractivity contribution in [3.63, 3.8) is 0 Å². The van der Waals surface area contributed by atoms with Gasteiger partial charge in [0.05, 0.1) is 6.61 Å². The zero-order valence-electron chi connectivity index (χ0n) is 6.89. The van der Waals surface area contributed by atoms with E-state index < -0.39 is 13.0 Å². The van der Waals surface area contributed by atoms with Crippen molar-refractivity contribution >= 4 is 22.6 Å². The molecule has 1 rings (SSSR count). The van der Waals surface area contributed by atoms with Crippen LogP contribution in [0.4, 0.5) is 8.78 Å². The summed E-state index contributed by atoms with van der Waals surface area (Å²) < 4.78 is 25.4. The number of hydrogen-bond acceptors (Lipinski definition) is 2. The molecule has 1 heterocycles. The quantitative estimate of drug-likeness (QED) is 0.851. The van der Waals surface area contributed by atoms with Gasteiger partial charge >= 0.3 is 0 Å². The third-order valence-corrected chi connectivity index (χ3v) is 2.56. The minimum Gasteiger partial charge on any atom is -0.392 e. The zero-order valence-corrected chi connectivity index (χ0v) is 9.05. The van der Waals surface area contributed by atoms with Crippen molar-refractivity contribution in [2.75, 3.05) is 0 Å². The van der Waals surface area contributed by atoms with E-state index in [4.69, 9.17) is 5.11 Å². The van der Waals surface area contributed by atoms with E-state index in [-0.39, 0.29) is 11.3 Å². The summed E-state index contributed by atoms with van der Waals surface area (Å²) in [6, 6.07) is 1.66. The van der Waals surface area contributed by atoms with Gasteiger partial charge in [-0.05, 0) is 35.6 Å². The van der Waals surface area contributed by atoms with Crippen molar-refractivity contribution < 1.29 is 13.9 Å². The Kier molecular flexibility index (Phi) is 3.55. The Morgan fingerprint density at radius 1 is 1.62 bits per heavy atom. The second-order valence-electron chi connectivity index (χ2n) is 2.57. The molecule has 72 valence electrons. The van der Waals surface area contributed by atoms with Crippen LogP contribution < -0.4 is 0 Å². The fourth-order valence-corrected chi connectivity index (χ4v) is 1.92. The molecular weight excluding hydrogens is 291 g/mol. The highest BCUT2D eigenvalue weighted by Crippen LogP contribution is 2.25. The second kappa shape index (κ2) is 4.28. The summed E-state index contributed by atoms with van der Waals surface area (Å²) in [5.41, 5.74) is 0.449. The number of aliphatic hydroxyl groups is 1. The lowest BCUT2D eigenvalue weighted by Gasteiger charge is -2.08. The number of hydrogen-bond donors (Lipinski definition) is 1. The van der Waals surface area contributed by atoms with Gasteiger partial charge in [-0.1, -0.05) is 0 Å². The van der Waals surface area contributed by atoms with Crippen molar-refractivity contribution in [3.05, 3.63) is 26.6 Å². The van der Waals surface area contributed by atoms with Crippen LogP contribution in [0.3, 0.4) is 0 Å². The number of alkyl halides is 2. The van der Waals surface area contributed by atoms with Crippen LogP contribution in [0.15, 0.2) is 6.07 Å². The first kappa shape index (κ1) is 10.8. The molecule has 0 unspecified atom stereocenters. The lowest BCUT2D eigenvalue weighted by Crippen LogP contribution is -2.03. The van der Waals surface area contributed by atoms with Crippen LogP contribution in [0.2, 0.25) is 0 Å². The van der Waals surface area contributed by atoms with E-state index >= 15 is 0 Å². The number of aryl methyl sites for hydroxylation is 1. The van der Waals surface area contributed by atoms with Crippen molar-refractivity contribution in [3.8, 4) is 0 Å². The number of pyridine rings is 1. The summed E-state index contributed by atoms with van der Waals surface area (Å²) in [7, 11) is 0. The number of rotatable bonds is 2. The van der Waals surface area contributed by atoms with Gasteiger partial charge in [-0.25, -0.2) is 8.78 Å². The average molecular weight is 299 g/mol. The van der Waals surface area contributed by atoms with Crippen molar-refractivity contribution in [1.29, 1.82) is 0 Å². The van der Waals surface area contributed by atoms with Crippen molar-refractivity contribution in [2.24, 2.45) is 0 Å². The molecule has 0 bridgehead atoms. The highest BCUT2D eigenvalue weighted by molar-refractivity contribution is 14.1. The normalized spacial score (nSPS) is 10.9. The van der Waals surface area contributed by atoms with Crippen LogP contribution in [0, 0.1) is 10.5 Å². The molecule has 0 fully saturated rings. The Morgan fingerprint density at radius 2 is 2.23 bits per heavy atom. The molecule has 0 saturated heterocycles. The van der Waals surface area contributed by atoms with Crippen LogP contribution >= 0.6 is 22.6 Å². The Bertz CT molecular complexity index is 317. The largest absolute Gasteiger partial charge is 0.392 e.